The zero-order valence-corrected chi connectivity index (χ0v) is 11.3. The van der Waals surface area contributed by atoms with Crippen molar-refractivity contribution in [1.29, 1.82) is 0 Å². The number of halogens is 2. The van der Waals surface area contributed by atoms with E-state index in [2.05, 4.69) is 19.2 Å². The first-order chi connectivity index (χ1) is 8.49. The molecule has 104 valence electrons. The van der Waals surface area contributed by atoms with Crippen LogP contribution in [0.15, 0.2) is 0 Å². The molecule has 18 heavy (non-hydrogen) atoms. The van der Waals surface area contributed by atoms with Crippen molar-refractivity contribution in [1.82, 2.24) is 5.32 Å². The lowest BCUT2D eigenvalue weighted by Crippen LogP contribution is -2.70. The lowest BCUT2D eigenvalue weighted by Gasteiger charge is -2.59. The largest absolute Gasteiger partial charge is 0.356 e. The number of hydrogen-bond donors (Lipinski definition) is 1. The summed E-state index contributed by atoms with van der Waals surface area (Å²) in [6.07, 6.45) is 3.64. The van der Waals surface area contributed by atoms with Gasteiger partial charge in [-0.05, 0) is 18.8 Å². The second-order valence-corrected chi connectivity index (χ2v) is 7.11. The summed E-state index contributed by atoms with van der Waals surface area (Å²) < 4.78 is 32.1. The van der Waals surface area contributed by atoms with Gasteiger partial charge >= 0.3 is 0 Å². The van der Waals surface area contributed by atoms with E-state index >= 15 is 0 Å². The van der Waals surface area contributed by atoms with E-state index in [4.69, 9.17) is 4.74 Å². The van der Waals surface area contributed by atoms with Crippen LogP contribution in [0.3, 0.4) is 0 Å². The van der Waals surface area contributed by atoms with Crippen LogP contribution < -0.4 is 5.32 Å². The van der Waals surface area contributed by atoms with E-state index in [1.165, 1.54) is 12.8 Å². The average Bonchev–Trinajstić information content (AvgIpc) is 3.08. The maximum atomic E-state index is 12.9. The van der Waals surface area contributed by atoms with Gasteiger partial charge in [0.25, 0.3) is 0 Å². The Morgan fingerprint density at radius 3 is 2.28 bits per heavy atom. The minimum Gasteiger partial charge on any atom is -0.356 e. The van der Waals surface area contributed by atoms with Crippen LogP contribution in [0.2, 0.25) is 0 Å². The minimum atomic E-state index is -0.775. The standard InChI is InChI=1S/C14H23F2NO/c1-10(2)11-13(3-4-13)9-17-14(18-11)5-12(6-14,7-15)8-16/h10-11,17H,3-9H2,1-2H3. The van der Waals surface area contributed by atoms with Crippen molar-refractivity contribution in [2.45, 2.75) is 51.4 Å². The summed E-state index contributed by atoms with van der Waals surface area (Å²) in [7, 11) is 0. The number of ether oxygens (including phenoxy) is 1. The van der Waals surface area contributed by atoms with Crippen molar-refractivity contribution < 1.29 is 13.5 Å². The van der Waals surface area contributed by atoms with Gasteiger partial charge in [0.1, 0.15) is 5.72 Å². The van der Waals surface area contributed by atoms with Gasteiger partial charge in [-0.1, -0.05) is 13.8 Å². The van der Waals surface area contributed by atoms with Crippen molar-refractivity contribution >= 4 is 0 Å². The molecule has 3 aliphatic rings. The summed E-state index contributed by atoms with van der Waals surface area (Å²) in [5.41, 5.74) is -0.910. The maximum absolute atomic E-state index is 12.9. The molecule has 0 aromatic heterocycles. The molecule has 1 unspecified atom stereocenters. The summed E-state index contributed by atoms with van der Waals surface area (Å²) in [4.78, 5) is 0. The first kappa shape index (κ1) is 12.8. The molecule has 1 saturated heterocycles. The van der Waals surface area contributed by atoms with Gasteiger partial charge in [0.2, 0.25) is 0 Å². The molecule has 2 saturated carbocycles. The van der Waals surface area contributed by atoms with E-state index in [1.54, 1.807) is 0 Å². The molecule has 2 spiro atoms. The van der Waals surface area contributed by atoms with Crippen molar-refractivity contribution in [2.24, 2.45) is 16.7 Å². The molecule has 3 fully saturated rings. The first-order valence-electron chi connectivity index (χ1n) is 7.04. The molecule has 0 aromatic carbocycles. The van der Waals surface area contributed by atoms with Crippen LogP contribution >= 0.6 is 0 Å². The quantitative estimate of drug-likeness (QED) is 0.841. The molecule has 0 aromatic rings. The van der Waals surface area contributed by atoms with Crippen LogP contribution in [0.25, 0.3) is 0 Å². The fourth-order valence-corrected chi connectivity index (χ4v) is 3.91. The van der Waals surface area contributed by atoms with Gasteiger partial charge in [-0.2, -0.15) is 0 Å². The number of rotatable bonds is 3. The lowest BCUT2D eigenvalue weighted by atomic mass is 9.63. The second kappa shape index (κ2) is 3.89. The Hall–Kier alpha value is -0.220. The van der Waals surface area contributed by atoms with Crippen LogP contribution in [-0.4, -0.2) is 31.7 Å². The molecule has 1 heterocycles. The Morgan fingerprint density at radius 2 is 1.83 bits per heavy atom. The van der Waals surface area contributed by atoms with Gasteiger partial charge in [0.15, 0.2) is 0 Å². The zero-order valence-electron chi connectivity index (χ0n) is 11.3. The minimum absolute atomic E-state index is 0.246. The maximum Gasteiger partial charge on any atom is 0.121 e. The fourth-order valence-electron chi connectivity index (χ4n) is 3.91. The third kappa shape index (κ3) is 1.72. The highest BCUT2D eigenvalue weighted by Gasteiger charge is 2.64. The summed E-state index contributed by atoms with van der Waals surface area (Å²) in [5.74, 6) is 0.470. The number of alkyl halides is 2. The van der Waals surface area contributed by atoms with E-state index < -0.39 is 24.5 Å². The monoisotopic (exact) mass is 259 g/mol. The van der Waals surface area contributed by atoms with Gasteiger partial charge in [-0.25, -0.2) is 0 Å². The van der Waals surface area contributed by atoms with Crippen molar-refractivity contribution in [2.75, 3.05) is 19.9 Å². The molecule has 3 rings (SSSR count). The molecule has 0 bridgehead atoms. The normalized spacial score (nSPS) is 34.8. The molecule has 2 nitrogen and oxygen atoms in total. The summed E-state index contributed by atoms with van der Waals surface area (Å²) in [5, 5.41) is 3.44. The van der Waals surface area contributed by atoms with Crippen LogP contribution in [0.4, 0.5) is 8.78 Å². The zero-order chi connectivity index (χ0) is 13.0. The molecular weight excluding hydrogens is 236 g/mol. The third-order valence-electron chi connectivity index (χ3n) is 5.10. The van der Waals surface area contributed by atoms with Crippen LogP contribution in [0.1, 0.15) is 39.5 Å². The molecule has 1 atom stereocenters. The van der Waals surface area contributed by atoms with Crippen LogP contribution in [0.5, 0.6) is 0 Å². The van der Waals surface area contributed by atoms with Crippen molar-refractivity contribution in [3.05, 3.63) is 0 Å². The lowest BCUT2D eigenvalue weighted by molar-refractivity contribution is -0.265. The van der Waals surface area contributed by atoms with E-state index in [0.29, 0.717) is 24.2 Å². The second-order valence-electron chi connectivity index (χ2n) is 7.11. The summed E-state index contributed by atoms with van der Waals surface area (Å²) >= 11 is 0. The molecule has 4 heteroatoms. The van der Waals surface area contributed by atoms with Gasteiger partial charge in [0.05, 0.1) is 19.5 Å². The SMILES string of the molecule is CC(C)C1OC2(CC(CF)(CF)C2)NCC12CC2. The number of hydrogen-bond acceptors (Lipinski definition) is 2. The average molecular weight is 259 g/mol. The van der Waals surface area contributed by atoms with Gasteiger partial charge in [-0.3, -0.25) is 14.1 Å². The Kier molecular flexibility index (Phi) is 2.76. The van der Waals surface area contributed by atoms with Crippen LogP contribution in [0, 0.1) is 16.7 Å². The van der Waals surface area contributed by atoms with E-state index in [1.807, 2.05) is 0 Å². The molecular formula is C14H23F2NO. The smallest absolute Gasteiger partial charge is 0.121 e. The van der Waals surface area contributed by atoms with E-state index in [0.717, 1.165) is 6.54 Å². The fraction of sp³-hybridized carbons (Fsp3) is 1.00. The molecule has 0 amide bonds. The summed E-state index contributed by atoms with van der Waals surface area (Å²) in [6.45, 7) is 4.16. The molecule has 1 aliphatic heterocycles. The molecule has 0 radical (unpaired) electrons. The summed E-state index contributed by atoms with van der Waals surface area (Å²) in [6, 6.07) is 0. The van der Waals surface area contributed by atoms with E-state index in [9.17, 15) is 8.78 Å². The Labute approximate surface area is 107 Å². The molecule has 1 N–H and O–H groups in total. The highest BCUT2D eigenvalue weighted by Crippen LogP contribution is 2.59. The van der Waals surface area contributed by atoms with Crippen molar-refractivity contribution in [3.63, 3.8) is 0 Å². The van der Waals surface area contributed by atoms with Crippen molar-refractivity contribution in [3.8, 4) is 0 Å². The van der Waals surface area contributed by atoms with Crippen LogP contribution in [-0.2, 0) is 4.74 Å². The highest BCUT2D eigenvalue weighted by molar-refractivity contribution is 5.12. The predicted octanol–water partition coefficient (Wildman–Crippen LogP) is 2.83. The van der Waals surface area contributed by atoms with Gasteiger partial charge in [-0.15, -0.1) is 0 Å². The molecule has 2 aliphatic carbocycles. The topological polar surface area (TPSA) is 21.3 Å². The van der Waals surface area contributed by atoms with Gasteiger partial charge < -0.3 is 4.74 Å². The van der Waals surface area contributed by atoms with Gasteiger partial charge in [0, 0.05) is 30.2 Å². The van der Waals surface area contributed by atoms with E-state index in [-0.39, 0.29) is 6.10 Å². The number of nitrogens with one attached hydrogen (secondary N) is 1. The highest BCUT2D eigenvalue weighted by atomic mass is 19.1. The Balaban J connectivity index is 1.70. The first-order valence-corrected chi connectivity index (χ1v) is 7.04. The predicted molar refractivity (Wildman–Crippen MR) is 65.7 cm³/mol. The Bertz CT molecular complexity index is 329. The third-order valence-corrected chi connectivity index (χ3v) is 5.10. The Morgan fingerprint density at radius 1 is 1.22 bits per heavy atom.